The summed E-state index contributed by atoms with van der Waals surface area (Å²) in [5.74, 6) is 0.631. The standard InChI is InChI=1S/C15H22N2O2/c1-19-10-4-7-15(18)16-9-8-12-11-17-14-6-3-2-5-13(12)14/h2-3,5-6,12,17H,4,7-11H2,1H3,(H,16,18). The molecule has 1 aromatic rings. The van der Waals surface area contributed by atoms with Crippen LogP contribution in [0.5, 0.6) is 0 Å². The van der Waals surface area contributed by atoms with Crippen LogP contribution in [-0.4, -0.2) is 32.7 Å². The van der Waals surface area contributed by atoms with Crippen molar-refractivity contribution in [3.63, 3.8) is 0 Å². The Balaban J connectivity index is 1.68. The van der Waals surface area contributed by atoms with E-state index in [-0.39, 0.29) is 5.91 Å². The highest BCUT2D eigenvalue weighted by molar-refractivity contribution is 5.75. The molecule has 1 aliphatic rings. The summed E-state index contributed by atoms with van der Waals surface area (Å²) in [5, 5.41) is 6.38. The summed E-state index contributed by atoms with van der Waals surface area (Å²) in [6, 6.07) is 8.40. The van der Waals surface area contributed by atoms with Crippen molar-refractivity contribution in [3.05, 3.63) is 29.8 Å². The maximum atomic E-state index is 11.6. The van der Waals surface area contributed by atoms with E-state index >= 15 is 0 Å². The number of ether oxygens (including phenoxy) is 1. The van der Waals surface area contributed by atoms with E-state index in [0.717, 1.165) is 25.9 Å². The predicted molar refractivity (Wildman–Crippen MR) is 76.4 cm³/mol. The van der Waals surface area contributed by atoms with E-state index in [1.807, 2.05) is 6.07 Å². The fourth-order valence-electron chi connectivity index (χ4n) is 2.47. The van der Waals surface area contributed by atoms with Gasteiger partial charge in [-0.1, -0.05) is 18.2 Å². The van der Waals surface area contributed by atoms with Gasteiger partial charge >= 0.3 is 0 Å². The van der Waals surface area contributed by atoms with E-state index in [0.29, 0.717) is 18.9 Å². The van der Waals surface area contributed by atoms with Crippen LogP contribution in [0.4, 0.5) is 5.69 Å². The fraction of sp³-hybridized carbons (Fsp3) is 0.533. The van der Waals surface area contributed by atoms with Crippen molar-refractivity contribution in [1.82, 2.24) is 5.32 Å². The summed E-state index contributed by atoms with van der Waals surface area (Å²) in [6.07, 6.45) is 2.32. The van der Waals surface area contributed by atoms with Crippen LogP contribution in [0.3, 0.4) is 0 Å². The molecule has 4 heteroatoms. The summed E-state index contributed by atoms with van der Waals surface area (Å²) in [4.78, 5) is 11.6. The number of carbonyl (C=O) groups is 1. The van der Waals surface area contributed by atoms with Gasteiger partial charge in [0.15, 0.2) is 0 Å². The molecule has 0 saturated heterocycles. The molecule has 0 fully saturated rings. The number of nitrogens with one attached hydrogen (secondary N) is 2. The van der Waals surface area contributed by atoms with Gasteiger partial charge in [0.1, 0.15) is 0 Å². The molecule has 1 atom stereocenters. The van der Waals surface area contributed by atoms with Crippen molar-refractivity contribution in [2.45, 2.75) is 25.2 Å². The number of anilines is 1. The first-order valence-corrected chi connectivity index (χ1v) is 6.89. The van der Waals surface area contributed by atoms with E-state index in [2.05, 4.69) is 28.8 Å². The third-order valence-corrected chi connectivity index (χ3v) is 3.51. The number of carbonyl (C=O) groups excluding carboxylic acids is 1. The van der Waals surface area contributed by atoms with Gasteiger partial charge in [-0.05, 0) is 24.5 Å². The van der Waals surface area contributed by atoms with Crippen LogP contribution in [0, 0.1) is 0 Å². The summed E-state index contributed by atoms with van der Waals surface area (Å²) < 4.78 is 4.93. The first-order chi connectivity index (χ1) is 9.31. The molecule has 1 aromatic carbocycles. The third-order valence-electron chi connectivity index (χ3n) is 3.51. The average Bonchev–Trinajstić information content (AvgIpc) is 2.83. The highest BCUT2D eigenvalue weighted by Gasteiger charge is 2.20. The van der Waals surface area contributed by atoms with Crippen molar-refractivity contribution in [3.8, 4) is 0 Å². The number of hydrogen-bond acceptors (Lipinski definition) is 3. The minimum absolute atomic E-state index is 0.122. The SMILES string of the molecule is COCCCC(=O)NCCC1CNc2ccccc21. The molecule has 2 N–H and O–H groups in total. The number of para-hydroxylation sites is 1. The van der Waals surface area contributed by atoms with Gasteiger partial charge in [0.25, 0.3) is 0 Å². The van der Waals surface area contributed by atoms with Crippen molar-refractivity contribution < 1.29 is 9.53 Å². The van der Waals surface area contributed by atoms with Crippen LogP contribution < -0.4 is 10.6 Å². The number of amides is 1. The van der Waals surface area contributed by atoms with Crippen molar-refractivity contribution in [2.75, 3.05) is 32.1 Å². The van der Waals surface area contributed by atoms with Gasteiger partial charge in [0.2, 0.25) is 5.91 Å². The minimum atomic E-state index is 0.122. The Bertz CT molecular complexity index is 420. The van der Waals surface area contributed by atoms with Crippen LogP contribution in [0.2, 0.25) is 0 Å². The van der Waals surface area contributed by atoms with E-state index in [4.69, 9.17) is 4.74 Å². The Labute approximate surface area is 114 Å². The summed E-state index contributed by atoms with van der Waals surface area (Å²) >= 11 is 0. The number of benzene rings is 1. The lowest BCUT2D eigenvalue weighted by atomic mass is 9.98. The normalized spacial score (nSPS) is 16.8. The molecule has 1 heterocycles. The summed E-state index contributed by atoms with van der Waals surface area (Å²) in [5.41, 5.74) is 2.61. The smallest absolute Gasteiger partial charge is 0.220 e. The molecule has 0 aliphatic carbocycles. The van der Waals surface area contributed by atoms with Gasteiger partial charge in [-0.3, -0.25) is 4.79 Å². The van der Waals surface area contributed by atoms with Gasteiger partial charge in [-0.15, -0.1) is 0 Å². The number of hydrogen-bond donors (Lipinski definition) is 2. The zero-order valence-corrected chi connectivity index (χ0v) is 11.4. The van der Waals surface area contributed by atoms with Crippen LogP contribution in [0.25, 0.3) is 0 Å². The van der Waals surface area contributed by atoms with Gasteiger partial charge in [0.05, 0.1) is 0 Å². The van der Waals surface area contributed by atoms with Gasteiger partial charge in [-0.2, -0.15) is 0 Å². The molecule has 19 heavy (non-hydrogen) atoms. The molecule has 0 radical (unpaired) electrons. The van der Waals surface area contributed by atoms with Gasteiger partial charge in [-0.25, -0.2) is 0 Å². The Morgan fingerprint density at radius 2 is 2.32 bits per heavy atom. The first-order valence-electron chi connectivity index (χ1n) is 6.89. The molecule has 2 rings (SSSR count). The van der Waals surface area contributed by atoms with Crippen LogP contribution in [0.15, 0.2) is 24.3 Å². The number of rotatable bonds is 7. The maximum absolute atomic E-state index is 11.6. The Kier molecular flexibility index (Phi) is 5.21. The summed E-state index contributed by atoms with van der Waals surface area (Å²) in [7, 11) is 1.66. The number of methoxy groups -OCH3 is 1. The second-order valence-electron chi connectivity index (χ2n) is 4.90. The predicted octanol–water partition coefficient (Wildman–Crippen LogP) is 2.13. The second-order valence-corrected chi connectivity index (χ2v) is 4.90. The fourth-order valence-corrected chi connectivity index (χ4v) is 2.47. The summed E-state index contributed by atoms with van der Waals surface area (Å²) in [6.45, 7) is 2.36. The molecule has 0 aromatic heterocycles. The lowest BCUT2D eigenvalue weighted by Gasteiger charge is -2.11. The molecule has 104 valence electrons. The van der Waals surface area contributed by atoms with E-state index in [1.54, 1.807) is 7.11 Å². The monoisotopic (exact) mass is 262 g/mol. The Morgan fingerprint density at radius 1 is 1.47 bits per heavy atom. The van der Waals surface area contributed by atoms with Crippen LogP contribution in [0.1, 0.15) is 30.7 Å². The van der Waals surface area contributed by atoms with Crippen LogP contribution in [-0.2, 0) is 9.53 Å². The molecule has 4 nitrogen and oxygen atoms in total. The highest BCUT2D eigenvalue weighted by Crippen LogP contribution is 2.32. The topological polar surface area (TPSA) is 50.4 Å². The molecule has 0 spiro atoms. The highest BCUT2D eigenvalue weighted by atomic mass is 16.5. The number of fused-ring (bicyclic) bond motifs is 1. The lowest BCUT2D eigenvalue weighted by Crippen LogP contribution is -2.25. The molecular weight excluding hydrogens is 240 g/mol. The Morgan fingerprint density at radius 3 is 3.16 bits per heavy atom. The second kappa shape index (κ2) is 7.14. The molecule has 1 aliphatic heterocycles. The quantitative estimate of drug-likeness (QED) is 0.740. The van der Waals surface area contributed by atoms with Gasteiger partial charge in [0, 0.05) is 44.8 Å². The minimum Gasteiger partial charge on any atom is -0.385 e. The third kappa shape index (κ3) is 3.96. The van der Waals surface area contributed by atoms with Crippen molar-refractivity contribution in [1.29, 1.82) is 0 Å². The largest absolute Gasteiger partial charge is 0.385 e. The average molecular weight is 262 g/mol. The van der Waals surface area contributed by atoms with Crippen molar-refractivity contribution >= 4 is 11.6 Å². The molecule has 0 bridgehead atoms. The van der Waals surface area contributed by atoms with Crippen molar-refractivity contribution in [2.24, 2.45) is 0 Å². The van der Waals surface area contributed by atoms with E-state index in [9.17, 15) is 4.79 Å². The van der Waals surface area contributed by atoms with Crippen LogP contribution >= 0.6 is 0 Å². The first kappa shape index (κ1) is 13.9. The van der Waals surface area contributed by atoms with Gasteiger partial charge < -0.3 is 15.4 Å². The Hall–Kier alpha value is -1.55. The maximum Gasteiger partial charge on any atom is 0.220 e. The molecular formula is C15H22N2O2. The zero-order chi connectivity index (χ0) is 13.5. The molecule has 1 unspecified atom stereocenters. The molecule has 0 saturated carbocycles. The molecule has 1 amide bonds. The van der Waals surface area contributed by atoms with E-state index in [1.165, 1.54) is 11.3 Å². The zero-order valence-electron chi connectivity index (χ0n) is 11.4. The lowest BCUT2D eigenvalue weighted by molar-refractivity contribution is -0.121. The van der Waals surface area contributed by atoms with E-state index < -0.39 is 0 Å².